The minimum absolute atomic E-state index is 0.0428. The van der Waals surface area contributed by atoms with E-state index in [4.69, 9.17) is 11.6 Å². The van der Waals surface area contributed by atoms with E-state index < -0.39 is 5.41 Å². The van der Waals surface area contributed by atoms with Gasteiger partial charge in [-0.05, 0) is 61.7 Å². The van der Waals surface area contributed by atoms with E-state index in [1.807, 2.05) is 42.6 Å². The van der Waals surface area contributed by atoms with Crippen molar-refractivity contribution in [3.05, 3.63) is 82.1 Å². The second-order valence-corrected chi connectivity index (χ2v) is 9.63. The molecule has 1 fully saturated rings. The third-order valence-corrected chi connectivity index (χ3v) is 7.24. The SMILES string of the molecule is Cc1cc(NC(=O)C2(c3ccc(Cl)cc3)CCCC2)n(-c2nc(-c3ccc(F)cc3)cs2)n1. The normalized spacial score (nSPS) is 15.0. The number of anilines is 1. The number of aryl methyl sites for hydroxylation is 1. The summed E-state index contributed by atoms with van der Waals surface area (Å²) in [6, 6.07) is 15.6. The molecule has 168 valence electrons. The molecule has 0 atom stereocenters. The quantitative estimate of drug-likeness (QED) is 0.352. The molecule has 5 rings (SSSR count). The lowest BCUT2D eigenvalue weighted by Gasteiger charge is -2.28. The average molecular weight is 481 g/mol. The first-order valence-electron chi connectivity index (χ1n) is 10.8. The van der Waals surface area contributed by atoms with Crippen LogP contribution in [0.5, 0.6) is 0 Å². The van der Waals surface area contributed by atoms with Gasteiger partial charge in [0.1, 0.15) is 11.6 Å². The summed E-state index contributed by atoms with van der Waals surface area (Å²) >= 11 is 7.50. The smallest absolute Gasteiger partial charge is 0.236 e. The number of hydrogen-bond acceptors (Lipinski definition) is 4. The van der Waals surface area contributed by atoms with Gasteiger partial charge in [0.2, 0.25) is 11.0 Å². The Labute approximate surface area is 200 Å². The number of hydrogen-bond donors (Lipinski definition) is 1. The maximum absolute atomic E-state index is 13.6. The van der Waals surface area contributed by atoms with Crippen molar-refractivity contribution in [1.82, 2.24) is 14.8 Å². The summed E-state index contributed by atoms with van der Waals surface area (Å²) in [5, 5.41) is 10.9. The van der Waals surface area contributed by atoms with E-state index >= 15 is 0 Å². The van der Waals surface area contributed by atoms with Crippen LogP contribution in [0.1, 0.15) is 36.9 Å². The van der Waals surface area contributed by atoms with Crippen molar-refractivity contribution in [3.8, 4) is 16.4 Å². The first kappa shape index (κ1) is 21.8. The molecule has 5 nitrogen and oxygen atoms in total. The second kappa shape index (κ2) is 8.72. The molecule has 0 spiro atoms. The van der Waals surface area contributed by atoms with E-state index in [1.54, 1.807) is 16.8 Å². The van der Waals surface area contributed by atoms with Crippen molar-refractivity contribution >= 4 is 34.7 Å². The lowest BCUT2D eigenvalue weighted by atomic mass is 9.78. The second-order valence-electron chi connectivity index (χ2n) is 8.36. The van der Waals surface area contributed by atoms with Crippen molar-refractivity contribution in [2.75, 3.05) is 5.32 Å². The van der Waals surface area contributed by atoms with Crippen LogP contribution in [-0.2, 0) is 10.2 Å². The molecule has 0 saturated heterocycles. The van der Waals surface area contributed by atoms with Crippen molar-refractivity contribution in [3.63, 3.8) is 0 Å². The molecule has 1 saturated carbocycles. The highest BCUT2D eigenvalue weighted by Crippen LogP contribution is 2.42. The topological polar surface area (TPSA) is 59.8 Å². The lowest BCUT2D eigenvalue weighted by molar-refractivity contribution is -0.121. The zero-order chi connectivity index (χ0) is 23.0. The summed E-state index contributed by atoms with van der Waals surface area (Å²) in [5.74, 6) is 0.250. The van der Waals surface area contributed by atoms with Crippen molar-refractivity contribution in [2.45, 2.75) is 38.0 Å². The summed E-state index contributed by atoms with van der Waals surface area (Å²) in [6.07, 6.45) is 3.59. The van der Waals surface area contributed by atoms with Gasteiger partial charge in [-0.1, -0.05) is 36.6 Å². The minimum Gasteiger partial charge on any atom is -0.310 e. The molecule has 8 heteroatoms. The fourth-order valence-corrected chi connectivity index (χ4v) is 5.40. The van der Waals surface area contributed by atoms with Crippen molar-refractivity contribution in [1.29, 1.82) is 0 Å². The van der Waals surface area contributed by atoms with Gasteiger partial charge in [0.15, 0.2) is 0 Å². The molecule has 1 N–H and O–H groups in total. The Hall–Kier alpha value is -3.03. The highest BCUT2D eigenvalue weighted by Gasteiger charge is 2.43. The molecule has 2 heterocycles. The van der Waals surface area contributed by atoms with E-state index in [1.165, 1.54) is 23.5 Å². The van der Waals surface area contributed by atoms with Gasteiger partial charge in [-0.3, -0.25) is 4.79 Å². The monoisotopic (exact) mass is 480 g/mol. The first-order valence-corrected chi connectivity index (χ1v) is 12.1. The van der Waals surface area contributed by atoms with Crippen molar-refractivity contribution < 1.29 is 9.18 Å². The minimum atomic E-state index is -0.588. The maximum atomic E-state index is 13.6. The molecule has 0 radical (unpaired) electrons. The van der Waals surface area contributed by atoms with Crippen LogP contribution in [-0.4, -0.2) is 20.7 Å². The third-order valence-electron chi connectivity index (χ3n) is 6.17. The van der Waals surface area contributed by atoms with Gasteiger partial charge in [0, 0.05) is 22.0 Å². The number of nitrogens with zero attached hydrogens (tertiary/aromatic N) is 3. The Kier molecular flexibility index (Phi) is 5.76. The fraction of sp³-hybridized carbons (Fsp3) is 0.240. The zero-order valence-electron chi connectivity index (χ0n) is 18.0. The number of aromatic nitrogens is 3. The van der Waals surface area contributed by atoms with Crippen LogP contribution in [0.25, 0.3) is 16.4 Å². The number of benzene rings is 2. The molecular formula is C25H22ClFN4OS. The number of halogens is 2. The molecule has 1 aliphatic rings. The van der Waals surface area contributed by atoms with E-state index in [0.29, 0.717) is 16.0 Å². The van der Waals surface area contributed by atoms with Gasteiger partial charge in [-0.25, -0.2) is 9.37 Å². The predicted octanol–water partition coefficient (Wildman–Crippen LogP) is 6.55. The Balaban J connectivity index is 1.45. The lowest BCUT2D eigenvalue weighted by Crippen LogP contribution is -2.38. The standard InChI is InChI=1S/C25H22ClFN4OS/c1-16-14-22(29-23(32)25(12-2-3-13-25)18-6-8-19(26)9-7-18)31(30-16)24-28-21(15-33-24)17-4-10-20(27)11-5-17/h4-11,14-15H,2-3,12-13H2,1H3,(H,29,32). The summed E-state index contributed by atoms with van der Waals surface area (Å²) in [5.41, 5.74) is 2.72. The third kappa shape index (κ3) is 4.18. The zero-order valence-corrected chi connectivity index (χ0v) is 19.6. The molecule has 2 aromatic carbocycles. The van der Waals surface area contributed by atoms with Gasteiger partial charge >= 0.3 is 0 Å². The highest BCUT2D eigenvalue weighted by molar-refractivity contribution is 7.12. The van der Waals surface area contributed by atoms with Crippen LogP contribution < -0.4 is 5.32 Å². The fourth-order valence-electron chi connectivity index (χ4n) is 4.48. The Bertz CT molecular complexity index is 1290. The summed E-state index contributed by atoms with van der Waals surface area (Å²) in [7, 11) is 0. The average Bonchev–Trinajstić information content (AvgIpc) is 3.55. The molecule has 1 amide bonds. The van der Waals surface area contributed by atoms with E-state index in [9.17, 15) is 9.18 Å². The molecule has 2 aromatic heterocycles. The van der Waals surface area contributed by atoms with Gasteiger partial charge in [-0.15, -0.1) is 11.3 Å². The van der Waals surface area contributed by atoms with Crippen LogP contribution in [0.15, 0.2) is 60.0 Å². The van der Waals surface area contributed by atoms with Crippen LogP contribution in [0.2, 0.25) is 5.02 Å². The number of nitrogens with one attached hydrogen (secondary N) is 1. The molecule has 0 aliphatic heterocycles. The van der Waals surface area contributed by atoms with E-state index in [2.05, 4.69) is 15.4 Å². The Morgan fingerprint density at radius 3 is 2.52 bits per heavy atom. The van der Waals surface area contributed by atoms with E-state index in [-0.39, 0.29) is 11.7 Å². The van der Waals surface area contributed by atoms with Crippen LogP contribution in [0, 0.1) is 12.7 Å². The Morgan fingerprint density at radius 1 is 1.12 bits per heavy atom. The van der Waals surface area contributed by atoms with E-state index in [0.717, 1.165) is 48.2 Å². The summed E-state index contributed by atoms with van der Waals surface area (Å²) < 4.78 is 14.9. The highest BCUT2D eigenvalue weighted by atomic mass is 35.5. The van der Waals surface area contributed by atoms with Crippen LogP contribution in [0.3, 0.4) is 0 Å². The molecule has 33 heavy (non-hydrogen) atoms. The summed E-state index contributed by atoms with van der Waals surface area (Å²) in [6.45, 7) is 1.88. The van der Waals surface area contributed by atoms with Gasteiger partial charge in [0.05, 0.1) is 16.8 Å². The molecule has 4 aromatic rings. The number of thiazole rings is 1. The number of carbonyl (C=O) groups excluding carboxylic acids is 1. The molecule has 0 unspecified atom stereocenters. The van der Waals surface area contributed by atoms with Crippen LogP contribution >= 0.6 is 22.9 Å². The number of amides is 1. The Morgan fingerprint density at radius 2 is 1.82 bits per heavy atom. The number of rotatable bonds is 5. The maximum Gasteiger partial charge on any atom is 0.236 e. The van der Waals surface area contributed by atoms with Gasteiger partial charge in [-0.2, -0.15) is 9.78 Å². The van der Waals surface area contributed by atoms with Crippen LogP contribution in [0.4, 0.5) is 10.2 Å². The van der Waals surface area contributed by atoms with Crippen molar-refractivity contribution in [2.24, 2.45) is 0 Å². The molecule has 0 bridgehead atoms. The summed E-state index contributed by atoms with van der Waals surface area (Å²) in [4.78, 5) is 18.3. The van der Waals surface area contributed by atoms with Gasteiger partial charge < -0.3 is 5.32 Å². The first-order chi connectivity index (χ1) is 15.9. The predicted molar refractivity (Wildman–Crippen MR) is 130 cm³/mol. The molecular weight excluding hydrogens is 459 g/mol. The molecule has 1 aliphatic carbocycles. The van der Waals surface area contributed by atoms with Gasteiger partial charge in [0.25, 0.3) is 0 Å². The largest absolute Gasteiger partial charge is 0.310 e. The number of carbonyl (C=O) groups is 1.